The summed E-state index contributed by atoms with van der Waals surface area (Å²) in [6, 6.07) is 21.4. The number of nitrogens with one attached hydrogen (secondary N) is 2. The molecule has 0 spiro atoms. The Kier molecular flexibility index (Phi) is 6.10. The van der Waals surface area contributed by atoms with Crippen LogP contribution in [-0.2, 0) is 6.42 Å². The Balaban J connectivity index is 1.19. The molecule has 0 unspecified atom stereocenters. The lowest BCUT2D eigenvalue weighted by Crippen LogP contribution is -2.17. The maximum Gasteiger partial charge on any atom is 0.271 e. The fourth-order valence-electron chi connectivity index (χ4n) is 3.77. The van der Waals surface area contributed by atoms with Crippen molar-refractivity contribution < 1.29 is 9.53 Å². The van der Waals surface area contributed by atoms with Gasteiger partial charge in [-0.2, -0.15) is 5.10 Å². The molecule has 0 bridgehead atoms. The van der Waals surface area contributed by atoms with Crippen molar-refractivity contribution in [2.24, 2.45) is 5.10 Å². The van der Waals surface area contributed by atoms with Crippen molar-refractivity contribution in [2.75, 3.05) is 5.32 Å². The van der Waals surface area contributed by atoms with Gasteiger partial charge in [-0.1, -0.05) is 29.8 Å². The summed E-state index contributed by atoms with van der Waals surface area (Å²) in [6.45, 7) is 4.11. The van der Waals surface area contributed by atoms with Gasteiger partial charge in [0.2, 0.25) is 0 Å². The number of rotatable bonds is 6. The molecule has 0 radical (unpaired) electrons. The third-order valence-corrected chi connectivity index (χ3v) is 6.31. The van der Waals surface area contributed by atoms with Crippen LogP contribution in [0.15, 0.2) is 77.2 Å². The van der Waals surface area contributed by atoms with Crippen molar-refractivity contribution in [2.45, 2.75) is 26.4 Å². The van der Waals surface area contributed by atoms with Crippen molar-refractivity contribution >= 4 is 34.3 Å². The first-order chi connectivity index (χ1) is 16.5. The maximum absolute atomic E-state index is 12.5. The van der Waals surface area contributed by atoms with Crippen LogP contribution < -0.4 is 15.5 Å². The summed E-state index contributed by atoms with van der Waals surface area (Å²) in [4.78, 5) is 17.1. The summed E-state index contributed by atoms with van der Waals surface area (Å²) in [6.07, 6.45) is 2.73. The molecule has 1 amide bonds. The average Bonchev–Trinajstić information content (AvgIpc) is 3.46. The highest BCUT2D eigenvalue weighted by atomic mass is 32.1. The van der Waals surface area contributed by atoms with E-state index in [9.17, 15) is 4.79 Å². The van der Waals surface area contributed by atoms with Gasteiger partial charge >= 0.3 is 0 Å². The second kappa shape index (κ2) is 9.49. The molecule has 2 heterocycles. The number of hydrazone groups is 1. The lowest BCUT2D eigenvalue weighted by Gasteiger charge is -2.03. The lowest BCUT2D eigenvalue weighted by atomic mass is 10.1. The van der Waals surface area contributed by atoms with Crippen molar-refractivity contribution in [1.82, 2.24) is 10.4 Å². The second-order valence-electron chi connectivity index (χ2n) is 8.31. The number of ether oxygens (including phenoxy) is 1. The molecule has 1 aliphatic heterocycles. The number of carbonyl (C=O) groups excluding carboxylic acids is 1. The molecule has 6 nitrogen and oxygen atoms in total. The van der Waals surface area contributed by atoms with Gasteiger partial charge in [-0.3, -0.25) is 4.79 Å². The number of carbonyl (C=O) groups is 1. The normalized spacial score (nSPS) is 14.6. The fourth-order valence-corrected chi connectivity index (χ4v) is 4.51. The molecule has 1 aromatic heterocycles. The monoisotopic (exact) mass is 468 g/mol. The lowest BCUT2D eigenvalue weighted by molar-refractivity contribution is 0.0955. The van der Waals surface area contributed by atoms with Crippen molar-refractivity contribution in [3.63, 3.8) is 0 Å². The first-order valence-electron chi connectivity index (χ1n) is 11.1. The van der Waals surface area contributed by atoms with Gasteiger partial charge in [0, 0.05) is 28.6 Å². The van der Waals surface area contributed by atoms with E-state index < -0.39 is 0 Å². The van der Waals surface area contributed by atoms with E-state index in [1.54, 1.807) is 29.7 Å². The number of hydrogen-bond acceptors (Lipinski definition) is 6. The largest absolute Gasteiger partial charge is 0.490 e. The van der Waals surface area contributed by atoms with Gasteiger partial charge in [0.1, 0.15) is 11.9 Å². The van der Waals surface area contributed by atoms with Gasteiger partial charge in [-0.15, -0.1) is 11.3 Å². The highest BCUT2D eigenvalue weighted by Gasteiger charge is 2.18. The minimum atomic E-state index is -0.263. The summed E-state index contributed by atoms with van der Waals surface area (Å²) in [5.74, 6) is 0.660. The summed E-state index contributed by atoms with van der Waals surface area (Å²) >= 11 is 1.54. The van der Waals surface area contributed by atoms with Crippen LogP contribution in [0.3, 0.4) is 0 Å². The fraction of sp³-hybridized carbons (Fsp3) is 0.148. The third kappa shape index (κ3) is 5.00. The van der Waals surface area contributed by atoms with Crippen LogP contribution in [0, 0.1) is 6.92 Å². The number of aryl methyl sites for hydroxylation is 1. The number of aromatic nitrogens is 1. The molecule has 1 atom stereocenters. The molecule has 2 N–H and O–H groups in total. The van der Waals surface area contributed by atoms with E-state index in [1.807, 2.05) is 47.8 Å². The molecule has 4 aromatic rings. The van der Waals surface area contributed by atoms with Crippen molar-refractivity contribution in [3.8, 4) is 17.0 Å². The van der Waals surface area contributed by atoms with Gasteiger partial charge in [-0.05, 0) is 67.4 Å². The van der Waals surface area contributed by atoms with E-state index >= 15 is 0 Å². The van der Waals surface area contributed by atoms with Crippen LogP contribution in [-0.4, -0.2) is 23.2 Å². The van der Waals surface area contributed by atoms with Crippen molar-refractivity contribution in [3.05, 3.63) is 94.4 Å². The molecule has 0 saturated heterocycles. The Morgan fingerprint density at radius 2 is 1.91 bits per heavy atom. The van der Waals surface area contributed by atoms with Crippen LogP contribution in [0.5, 0.6) is 5.75 Å². The second-order valence-corrected chi connectivity index (χ2v) is 9.16. The SMILES string of the molecule is Cc1ccc(Nc2nc(-c3ccc(C(=O)N/N=C/c4ccc5c(c4)C[C@@H](C)O5)cc3)cs2)cc1. The predicted molar refractivity (Wildman–Crippen MR) is 137 cm³/mol. The standard InChI is InChI=1S/C27H24N4O2S/c1-17-3-10-23(11-4-17)29-27-30-24(16-34-27)20-6-8-21(9-7-20)26(32)31-28-15-19-5-12-25-22(14-19)13-18(2)33-25/h3-12,14-16,18H,13H2,1-2H3,(H,29,30)(H,31,32)/b28-15+/t18-/m1/s1. The number of anilines is 2. The summed E-state index contributed by atoms with van der Waals surface area (Å²) in [5, 5.41) is 10.3. The molecule has 5 rings (SSSR count). The summed E-state index contributed by atoms with van der Waals surface area (Å²) < 4.78 is 5.71. The highest BCUT2D eigenvalue weighted by molar-refractivity contribution is 7.14. The molecule has 1 aliphatic rings. The van der Waals surface area contributed by atoms with E-state index in [0.717, 1.165) is 45.4 Å². The number of benzene rings is 3. The first-order valence-corrected chi connectivity index (χ1v) is 11.9. The van der Waals surface area contributed by atoms with Crippen molar-refractivity contribution in [1.29, 1.82) is 0 Å². The van der Waals surface area contributed by atoms with Gasteiger partial charge < -0.3 is 10.1 Å². The molecule has 0 aliphatic carbocycles. The van der Waals surface area contributed by atoms with Gasteiger partial charge in [0.05, 0.1) is 11.9 Å². The Labute approximate surface area is 202 Å². The molecule has 34 heavy (non-hydrogen) atoms. The molecule has 3 aromatic carbocycles. The highest BCUT2D eigenvalue weighted by Crippen LogP contribution is 2.29. The Morgan fingerprint density at radius 3 is 2.71 bits per heavy atom. The van der Waals surface area contributed by atoms with E-state index in [1.165, 1.54) is 5.56 Å². The number of thiazole rings is 1. The van der Waals surface area contributed by atoms with Crippen LogP contribution in [0.25, 0.3) is 11.3 Å². The smallest absolute Gasteiger partial charge is 0.271 e. The minimum Gasteiger partial charge on any atom is -0.490 e. The number of nitrogens with zero attached hydrogens (tertiary/aromatic N) is 2. The molecule has 0 fully saturated rings. The topological polar surface area (TPSA) is 75.6 Å². The summed E-state index contributed by atoms with van der Waals surface area (Å²) in [5.41, 5.74) is 9.24. The molecular weight excluding hydrogens is 444 g/mol. The first kappa shape index (κ1) is 21.9. The van der Waals surface area contributed by atoms with E-state index in [2.05, 4.69) is 46.8 Å². The van der Waals surface area contributed by atoms with Crippen LogP contribution in [0.4, 0.5) is 10.8 Å². The van der Waals surface area contributed by atoms with E-state index in [0.29, 0.717) is 5.56 Å². The zero-order valence-electron chi connectivity index (χ0n) is 18.9. The van der Waals surface area contributed by atoms with E-state index in [-0.39, 0.29) is 12.0 Å². The number of fused-ring (bicyclic) bond motifs is 1. The molecule has 170 valence electrons. The number of hydrogen-bond donors (Lipinski definition) is 2. The summed E-state index contributed by atoms with van der Waals surface area (Å²) in [7, 11) is 0. The Bertz CT molecular complexity index is 1340. The van der Waals surface area contributed by atoms with Gasteiger partial charge in [0.25, 0.3) is 5.91 Å². The zero-order valence-corrected chi connectivity index (χ0v) is 19.7. The minimum absolute atomic E-state index is 0.199. The van der Waals surface area contributed by atoms with Gasteiger partial charge in [-0.25, -0.2) is 10.4 Å². The van der Waals surface area contributed by atoms with Crippen LogP contribution in [0.1, 0.15) is 34.0 Å². The predicted octanol–water partition coefficient (Wildman–Crippen LogP) is 5.95. The maximum atomic E-state index is 12.5. The number of amides is 1. The van der Waals surface area contributed by atoms with E-state index in [4.69, 9.17) is 4.74 Å². The van der Waals surface area contributed by atoms with Crippen LogP contribution in [0.2, 0.25) is 0 Å². The van der Waals surface area contributed by atoms with Gasteiger partial charge in [0.15, 0.2) is 5.13 Å². The molecule has 7 heteroatoms. The zero-order chi connectivity index (χ0) is 23.5. The molecule has 0 saturated carbocycles. The van der Waals surface area contributed by atoms with Crippen LogP contribution >= 0.6 is 11.3 Å². The quantitative estimate of drug-likeness (QED) is 0.271. The molecular formula is C27H24N4O2S. The Hall–Kier alpha value is -3.97. The Morgan fingerprint density at radius 1 is 1.12 bits per heavy atom. The average molecular weight is 469 g/mol. The third-order valence-electron chi connectivity index (χ3n) is 5.55.